The first-order chi connectivity index (χ1) is 9.27. The third kappa shape index (κ3) is 3.06. The molecule has 0 aliphatic carbocycles. The molecule has 0 N–H and O–H groups in total. The van der Waals surface area contributed by atoms with Crippen LogP contribution in [0.2, 0.25) is 5.02 Å². The predicted octanol–water partition coefficient (Wildman–Crippen LogP) is 3.68. The second kappa shape index (κ2) is 5.72. The van der Waals surface area contributed by atoms with Gasteiger partial charge in [0, 0.05) is 23.7 Å². The molecule has 0 aromatic carbocycles. The van der Waals surface area contributed by atoms with E-state index in [1.165, 1.54) is 0 Å². The monoisotopic (exact) mass is 311 g/mol. The van der Waals surface area contributed by atoms with Crippen molar-refractivity contribution >= 4 is 37.4 Å². The van der Waals surface area contributed by atoms with E-state index < -0.39 is 7.12 Å². The van der Waals surface area contributed by atoms with Gasteiger partial charge in [-0.25, -0.2) is 0 Å². The number of aromatic nitrogens is 1. The van der Waals surface area contributed by atoms with E-state index in [1.807, 2.05) is 33.8 Å². The minimum absolute atomic E-state index is 0.363. The van der Waals surface area contributed by atoms with E-state index in [0.717, 1.165) is 11.0 Å². The minimum Gasteiger partial charge on any atom is -0.400 e. The Morgan fingerprint density at radius 2 is 1.95 bits per heavy atom. The number of halogens is 1. The molecule has 0 spiro atoms. The SMILES string of the molecule is CC1(C)OB(C(=Cc2cnccc2Cl)CS)OC1(C)C. The van der Waals surface area contributed by atoms with Crippen LogP contribution in [0.15, 0.2) is 23.9 Å². The maximum absolute atomic E-state index is 6.15. The highest BCUT2D eigenvalue weighted by molar-refractivity contribution is 7.80. The van der Waals surface area contributed by atoms with Crippen LogP contribution < -0.4 is 0 Å². The normalized spacial score (nSPS) is 21.3. The molecule has 6 heteroatoms. The Kier molecular flexibility index (Phi) is 4.55. The summed E-state index contributed by atoms with van der Waals surface area (Å²) in [7, 11) is -0.409. The summed E-state index contributed by atoms with van der Waals surface area (Å²) in [6, 6.07) is 1.76. The lowest BCUT2D eigenvalue weighted by atomic mass is 9.78. The van der Waals surface area contributed by atoms with E-state index in [2.05, 4.69) is 17.6 Å². The summed E-state index contributed by atoms with van der Waals surface area (Å²) in [6.45, 7) is 8.11. The van der Waals surface area contributed by atoms with E-state index in [1.54, 1.807) is 18.5 Å². The lowest BCUT2D eigenvalue weighted by molar-refractivity contribution is 0.00578. The van der Waals surface area contributed by atoms with E-state index in [9.17, 15) is 0 Å². The highest BCUT2D eigenvalue weighted by Gasteiger charge is 2.52. The number of hydrogen-bond acceptors (Lipinski definition) is 4. The van der Waals surface area contributed by atoms with Gasteiger partial charge in [-0.15, -0.1) is 0 Å². The topological polar surface area (TPSA) is 31.4 Å². The van der Waals surface area contributed by atoms with Crippen LogP contribution >= 0.6 is 24.2 Å². The average Bonchev–Trinajstić information content (AvgIpc) is 2.57. The fourth-order valence-corrected chi connectivity index (χ4v) is 2.28. The molecule has 2 rings (SSSR count). The van der Waals surface area contributed by atoms with Crippen molar-refractivity contribution in [1.82, 2.24) is 4.98 Å². The summed E-state index contributed by atoms with van der Waals surface area (Å²) in [5, 5.41) is 0.649. The quantitative estimate of drug-likeness (QED) is 0.682. The molecule has 1 fully saturated rings. The molecule has 1 aromatic rings. The van der Waals surface area contributed by atoms with Crippen LogP contribution in [-0.4, -0.2) is 29.1 Å². The van der Waals surface area contributed by atoms with Crippen LogP contribution in [0.1, 0.15) is 33.3 Å². The highest BCUT2D eigenvalue weighted by Crippen LogP contribution is 2.39. The van der Waals surface area contributed by atoms with Crippen molar-refractivity contribution in [3.05, 3.63) is 34.5 Å². The maximum atomic E-state index is 6.15. The van der Waals surface area contributed by atoms with E-state index >= 15 is 0 Å². The molecule has 108 valence electrons. The average molecular weight is 312 g/mol. The molecule has 20 heavy (non-hydrogen) atoms. The Morgan fingerprint density at radius 3 is 2.45 bits per heavy atom. The third-order valence-corrected chi connectivity index (χ3v) is 4.59. The lowest BCUT2D eigenvalue weighted by Gasteiger charge is -2.32. The van der Waals surface area contributed by atoms with Gasteiger partial charge in [0.05, 0.1) is 16.2 Å². The number of thiol groups is 1. The van der Waals surface area contributed by atoms with Crippen LogP contribution in [0.3, 0.4) is 0 Å². The summed E-state index contributed by atoms with van der Waals surface area (Å²) in [6.07, 6.45) is 5.32. The molecular weight excluding hydrogens is 292 g/mol. The molecular formula is C14H19BClNO2S. The van der Waals surface area contributed by atoms with Crippen molar-refractivity contribution in [2.75, 3.05) is 5.75 Å². The second-order valence-electron chi connectivity index (χ2n) is 5.86. The van der Waals surface area contributed by atoms with Crippen molar-refractivity contribution in [2.24, 2.45) is 0 Å². The van der Waals surface area contributed by atoms with Crippen molar-refractivity contribution in [3.63, 3.8) is 0 Å². The molecule has 0 radical (unpaired) electrons. The summed E-state index contributed by atoms with van der Waals surface area (Å²) < 4.78 is 12.1. The fourth-order valence-electron chi connectivity index (χ4n) is 1.88. The van der Waals surface area contributed by atoms with E-state index in [4.69, 9.17) is 20.9 Å². The van der Waals surface area contributed by atoms with Crippen molar-refractivity contribution in [1.29, 1.82) is 0 Å². The zero-order valence-corrected chi connectivity index (χ0v) is 13.8. The molecule has 1 aromatic heterocycles. The Morgan fingerprint density at radius 1 is 1.35 bits per heavy atom. The first-order valence-electron chi connectivity index (χ1n) is 6.53. The lowest BCUT2D eigenvalue weighted by Crippen LogP contribution is -2.41. The van der Waals surface area contributed by atoms with E-state index in [-0.39, 0.29) is 11.2 Å². The Bertz CT molecular complexity index is 518. The number of nitrogens with zero attached hydrogens (tertiary/aromatic N) is 1. The zero-order valence-electron chi connectivity index (χ0n) is 12.2. The summed E-state index contributed by atoms with van der Waals surface area (Å²) in [4.78, 5) is 4.08. The fraction of sp³-hybridized carbons (Fsp3) is 0.500. The highest BCUT2D eigenvalue weighted by atomic mass is 35.5. The Hall–Kier alpha value is -0.485. The number of rotatable bonds is 3. The summed E-state index contributed by atoms with van der Waals surface area (Å²) >= 11 is 10.5. The maximum Gasteiger partial charge on any atom is 0.491 e. The molecule has 0 unspecified atom stereocenters. The predicted molar refractivity (Wildman–Crippen MR) is 87.2 cm³/mol. The molecule has 2 heterocycles. The molecule has 0 amide bonds. The van der Waals surface area contributed by atoms with Crippen LogP contribution in [0, 0.1) is 0 Å². The van der Waals surface area contributed by atoms with Gasteiger partial charge in [-0.05, 0) is 39.2 Å². The van der Waals surface area contributed by atoms with Crippen LogP contribution in [0.4, 0.5) is 0 Å². The van der Waals surface area contributed by atoms with Crippen molar-refractivity contribution < 1.29 is 9.31 Å². The van der Waals surface area contributed by atoms with Gasteiger partial charge in [0.25, 0.3) is 0 Å². The first-order valence-corrected chi connectivity index (χ1v) is 7.54. The molecule has 0 saturated carbocycles. The van der Waals surface area contributed by atoms with Gasteiger partial charge < -0.3 is 9.31 Å². The van der Waals surface area contributed by atoms with Gasteiger partial charge in [0.2, 0.25) is 0 Å². The van der Waals surface area contributed by atoms with Crippen molar-refractivity contribution in [3.8, 4) is 0 Å². The zero-order chi connectivity index (χ0) is 15.0. The smallest absolute Gasteiger partial charge is 0.400 e. The number of pyridine rings is 1. The van der Waals surface area contributed by atoms with Gasteiger partial charge in [0.1, 0.15) is 0 Å². The molecule has 1 saturated heterocycles. The Labute approximate surface area is 131 Å². The molecule has 0 atom stereocenters. The van der Waals surface area contributed by atoms with E-state index in [0.29, 0.717) is 10.8 Å². The standard InChI is InChI=1S/C14H19BClNO2S/c1-13(2)14(3,4)19-15(18-13)11(9-20)7-10-8-17-6-5-12(10)16/h5-8,20H,9H2,1-4H3. The minimum atomic E-state index is -0.409. The molecule has 1 aliphatic rings. The first kappa shape index (κ1) is 15.9. The van der Waals surface area contributed by atoms with Gasteiger partial charge in [-0.3, -0.25) is 4.98 Å². The van der Waals surface area contributed by atoms with Gasteiger partial charge in [-0.2, -0.15) is 12.6 Å². The third-order valence-electron chi connectivity index (χ3n) is 3.88. The van der Waals surface area contributed by atoms with Crippen LogP contribution in [0.5, 0.6) is 0 Å². The molecule has 1 aliphatic heterocycles. The van der Waals surface area contributed by atoms with Gasteiger partial charge in [-0.1, -0.05) is 17.7 Å². The largest absolute Gasteiger partial charge is 0.491 e. The van der Waals surface area contributed by atoms with Crippen LogP contribution in [-0.2, 0) is 9.31 Å². The Balaban J connectivity index is 2.29. The summed E-state index contributed by atoms with van der Waals surface area (Å²) in [5.41, 5.74) is 1.05. The molecule has 3 nitrogen and oxygen atoms in total. The van der Waals surface area contributed by atoms with Crippen molar-refractivity contribution in [2.45, 2.75) is 38.9 Å². The molecule has 0 bridgehead atoms. The van der Waals surface area contributed by atoms with Gasteiger partial charge in [0.15, 0.2) is 0 Å². The van der Waals surface area contributed by atoms with Gasteiger partial charge >= 0.3 is 7.12 Å². The second-order valence-corrected chi connectivity index (χ2v) is 6.59. The van der Waals surface area contributed by atoms with Crippen LogP contribution in [0.25, 0.3) is 6.08 Å². The number of hydrogen-bond donors (Lipinski definition) is 1. The summed E-state index contributed by atoms with van der Waals surface area (Å²) in [5.74, 6) is 0.530.